The van der Waals surface area contributed by atoms with Crippen molar-refractivity contribution in [1.82, 2.24) is 5.32 Å². The predicted molar refractivity (Wildman–Crippen MR) is 60.6 cm³/mol. The van der Waals surface area contributed by atoms with Crippen LogP contribution in [0.5, 0.6) is 0 Å². The third-order valence-electron chi connectivity index (χ3n) is 2.75. The van der Waals surface area contributed by atoms with Gasteiger partial charge in [0, 0.05) is 0 Å². The molecule has 1 aliphatic rings. The number of likely N-dealkylation sites (N-methyl/N-ethyl adjacent to an activating group) is 1. The van der Waals surface area contributed by atoms with Crippen LogP contribution in [0.15, 0.2) is 12.2 Å². The maximum Gasteiger partial charge on any atom is 0.323 e. The van der Waals surface area contributed by atoms with Gasteiger partial charge in [-0.2, -0.15) is 0 Å². The number of allylic oxidation sites excluding steroid dienone is 2. The summed E-state index contributed by atoms with van der Waals surface area (Å²) in [6, 6.07) is -0.125. The SMILES string of the molecule is CCNC(C(=O)OCC)C1CC=CCC1. The van der Waals surface area contributed by atoms with Gasteiger partial charge in [0.25, 0.3) is 0 Å². The van der Waals surface area contributed by atoms with Crippen LogP contribution < -0.4 is 5.32 Å². The lowest BCUT2D eigenvalue weighted by Crippen LogP contribution is -2.44. The number of carbonyl (C=O) groups is 1. The summed E-state index contributed by atoms with van der Waals surface area (Å²) >= 11 is 0. The minimum Gasteiger partial charge on any atom is -0.465 e. The number of esters is 1. The van der Waals surface area contributed by atoms with Crippen molar-refractivity contribution >= 4 is 5.97 Å². The van der Waals surface area contributed by atoms with Crippen LogP contribution in [0, 0.1) is 5.92 Å². The summed E-state index contributed by atoms with van der Waals surface area (Å²) in [4.78, 5) is 11.7. The quantitative estimate of drug-likeness (QED) is 0.557. The van der Waals surface area contributed by atoms with Crippen LogP contribution in [0.25, 0.3) is 0 Å². The molecule has 3 heteroatoms. The zero-order valence-electron chi connectivity index (χ0n) is 9.66. The lowest BCUT2D eigenvalue weighted by molar-refractivity contribution is -0.147. The van der Waals surface area contributed by atoms with Gasteiger partial charge in [0.15, 0.2) is 0 Å². The standard InChI is InChI=1S/C12H21NO2/c1-3-13-11(12(14)15-4-2)10-8-6-5-7-9-10/h5-6,10-11,13H,3-4,7-9H2,1-2H3. The first-order chi connectivity index (χ1) is 7.29. The Bertz CT molecular complexity index is 226. The van der Waals surface area contributed by atoms with Crippen molar-refractivity contribution in [3.05, 3.63) is 12.2 Å². The number of hydrogen-bond donors (Lipinski definition) is 1. The van der Waals surface area contributed by atoms with Crippen molar-refractivity contribution in [2.75, 3.05) is 13.2 Å². The molecule has 0 radical (unpaired) electrons. The van der Waals surface area contributed by atoms with Crippen molar-refractivity contribution in [3.8, 4) is 0 Å². The molecule has 0 saturated heterocycles. The van der Waals surface area contributed by atoms with Gasteiger partial charge in [-0.3, -0.25) is 4.79 Å². The third-order valence-corrected chi connectivity index (χ3v) is 2.75. The van der Waals surface area contributed by atoms with Gasteiger partial charge >= 0.3 is 5.97 Å². The summed E-state index contributed by atoms with van der Waals surface area (Å²) < 4.78 is 5.08. The Labute approximate surface area is 91.9 Å². The Morgan fingerprint density at radius 2 is 2.33 bits per heavy atom. The molecule has 1 rings (SSSR count). The number of ether oxygens (including phenoxy) is 1. The second-order valence-corrected chi connectivity index (χ2v) is 3.83. The van der Waals surface area contributed by atoms with Gasteiger partial charge in [-0.25, -0.2) is 0 Å². The Hall–Kier alpha value is -0.830. The Morgan fingerprint density at radius 1 is 1.53 bits per heavy atom. The van der Waals surface area contributed by atoms with Gasteiger partial charge in [0.1, 0.15) is 6.04 Å². The van der Waals surface area contributed by atoms with Crippen molar-refractivity contribution < 1.29 is 9.53 Å². The highest BCUT2D eigenvalue weighted by Crippen LogP contribution is 2.22. The Kier molecular flexibility index (Phi) is 5.40. The van der Waals surface area contributed by atoms with Crippen LogP contribution in [-0.4, -0.2) is 25.2 Å². The summed E-state index contributed by atoms with van der Waals surface area (Å²) in [7, 11) is 0. The topological polar surface area (TPSA) is 38.3 Å². The molecule has 0 heterocycles. The molecule has 0 bridgehead atoms. The molecule has 2 unspecified atom stereocenters. The highest BCUT2D eigenvalue weighted by Gasteiger charge is 2.28. The molecule has 0 aliphatic heterocycles. The fourth-order valence-electron chi connectivity index (χ4n) is 2.01. The molecular weight excluding hydrogens is 190 g/mol. The van der Waals surface area contributed by atoms with E-state index >= 15 is 0 Å². The summed E-state index contributed by atoms with van der Waals surface area (Å²) in [5.74, 6) is 0.300. The van der Waals surface area contributed by atoms with E-state index in [0.29, 0.717) is 12.5 Å². The van der Waals surface area contributed by atoms with Crippen molar-refractivity contribution in [2.45, 2.75) is 39.2 Å². The van der Waals surface area contributed by atoms with Gasteiger partial charge in [-0.15, -0.1) is 0 Å². The van der Waals surface area contributed by atoms with E-state index in [1.807, 2.05) is 13.8 Å². The summed E-state index contributed by atoms with van der Waals surface area (Å²) in [6.45, 7) is 5.14. The zero-order valence-corrected chi connectivity index (χ0v) is 9.66. The number of rotatable bonds is 5. The van der Waals surface area contributed by atoms with E-state index in [1.54, 1.807) is 0 Å². The number of carbonyl (C=O) groups excluding carboxylic acids is 1. The molecule has 0 saturated carbocycles. The van der Waals surface area contributed by atoms with E-state index in [0.717, 1.165) is 25.8 Å². The first kappa shape index (κ1) is 12.2. The molecule has 0 aromatic carbocycles. The molecule has 0 fully saturated rings. The lowest BCUT2D eigenvalue weighted by atomic mass is 9.87. The zero-order chi connectivity index (χ0) is 11.1. The highest BCUT2D eigenvalue weighted by molar-refractivity contribution is 5.76. The van der Waals surface area contributed by atoms with E-state index in [-0.39, 0.29) is 12.0 Å². The summed E-state index contributed by atoms with van der Waals surface area (Å²) in [5.41, 5.74) is 0. The first-order valence-corrected chi connectivity index (χ1v) is 5.84. The molecule has 0 amide bonds. The second-order valence-electron chi connectivity index (χ2n) is 3.83. The fraction of sp³-hybridized carbons (Fsp3) is 0.750. The van der Waals surface area contributed by atoms with Crippen molar-refractivity contribution in [1.29, 1.82) is 0 Å². The van der Waals surface area contributed by atoms with Crippen molar-refractivity contribution in [3.63, 3.8) is 0 Å². The minimum atomic E-state index is -0.125. The maximum absolute atomic E-state index is 11.7. The van der Waals surface area contributed by atoms with Crippen LogP contribution in [-0.2, 0) is 9.53 Å². The summed E-state index contributed by atoms with van der Waals surface area (Å²) in [6.07, 6.45) is 7.48. The van der Waals surface area contributed by atoms with E-state index < -0.39 is 0 Å². The number of hydrogen-bond acceptors (Lipinski definition) is 3. The molecule has 0 aromatic rings. The van der Waals surface area contributed by atoms with Gasteiger partial charge in [0.05, 0.1) is 6.61 Å². The molecule has 3 nitrogen and oxygen atoms in total. The Balaban J connectivity index is 2.55. The van der Waals surface area contributed by atoms with E-state index in [2.05, 4.69) is 17.5 Å². The second kappa shape index (κ2) is 6.62. The molecule has 2 atom stereocenters. The molecule has 1 N–H and O–H groups in total. The minimum absolute atomic E-state index is 0.0975. The molecular formula is C12H21NO2. The van der Waals surface area contributed by atoms with Crippen LogP contribution in [0.1, 0.15) is 33.1 Å². The molecule has 0 spiro atoms. The fourth-order valence-corrected chi connectivity index (χ4v) is 2.01. The van der Waals surface area contributed by atoms with Gasteiger partial charge in [-0.05, 0) is 38.6 Å². The summed E-state index contributed by atoms with van der Waals surface area (Å²) in [5, 5.41) is 3.23. The molecule has 0 aromatic heterocycles. The number of nitrogens with one attached hydrogen (secondary N) is 1. The largest absolute Gasteiger partial charge is 0.465 e. The van der Waals surface area contributed by atoms with Gasteiger partial charge < -0.3 is 10.1 Å². The smallest absolute Gasteiger partial charge is 0.323 e. The predicted octanol–water partition coefficient (Wildman–Crippen LogP) is 1.88. The van der Waals surface area contributed by atoms with E-state index in [9.17, 15) is 4.79 Å². The molecule has 86 valence electrons. The average Bonchev–Trinajstić information content (AvgIpc) is 2.27. The van der Waals surface area contributed by atoms with Crippen LogP contribution >= 0.6 is 0 Å². The van der Waals surface area contributed by atoms with Gasteiger partial charge in [-0.1, -0.05) is 19.1 Å². The van der Waals surface area contributed by atoms with Crippen LogP contribution in [0.3, 0.4) is 0 Å². The maximum atomic E-state index is 11.7. The Morgan fingerprint density at radius 3 is 2.87 bits per heavy atom. The lowest BCUT2D eigenvalue weighted by Gasteiger charge is -2.26. The van der Waals surface area contributed by atoms with E-state index in [1.165, 1.54) is 0 Å². The monoisotopic (exact) mass is 211 g/mol. The van der Waals surface area contributed by atoms with E-state index in [4.69, 9.17) is 4.74 Å². The molecule has 1 aliphatic carbocycles. The van der Waals surface area contributed by atoms with Crippen LogP contribution in [0.4, 0.5) is 0 Å². The highest BCUT2D eigenvalue weighted by atomic mass is 16.5. The molecule has 15 heavy (non-hydrogen) atoms. The van der Waals surface area contributed by atoms with Crippen LogP contribution in [0.2, 0.25) is 0 Å². The van der Waals surface area contributed by atoms with Gasteiger partial charge in [0.2, 0.25) is 0 Å². The normalized spacial score (nSPS) is 22.4. The first-order valence-electron chi connectivity index (χ1n) is 5.84. The van der Waals surface area contributed by atoms with Crippen molar-refractivity contribution in [2.24, 2.45) is 5.92 Å². The average molecular weight is 211 g/mol. The third kappa shape index (κ3) is 3.67.